The second kappa shape index (κ2) is 5.28. The molecule has 2 spiro atoms. The summed E-state index contributed by atoms with van der Waals surface area (Å²) < 4.78 is 19.5. The van der Waals surface area contributed by atoms with Gasteiger partial charge in [0.05, 0.1) is 12.7 Å². The summed E-state index contributed by atoms with van der Waals surface area (Å²) in [6, 6.07) is 4.43. The van der Waals surface area contributed by atoms with Crippen LogP contribution in [0.3, 0.4) is 0 Å². The van der Waals surface area contributed by atoms with Crippen molar-refractivity contribution in [1.82, 2.24) is 0 Å². The molecule has 33 heavy (non-hydrogen) atoms. The lowest BCUT2D eigenvalue weighted by molar-refractivity contribution is -0.211. The van der Waals surface area contributed by atoms with Crippen LogP contribution in [0.25, 0.3) is 0 Å². The number of hydrogen-bond donors (Lipinski definition) is 1. The van der Waals surface area contributed by atoms with Gasteiger partial charge < -0.3 is 19.3 Å². The third-order valence-corrected chi connectivity index (χ3v) is 12.8. The Morgan fingerprint density at radius 3 is 2.45 bits per heavy atom. The molecule has 9 atom stereocenters. The fourth-order valence-electron chi connectivity index (χ4n) is 11.0. The van der Waals surface area contributed by atoms with Crippen molar-refractivity contribution in [3.05, 3.63) is 23.3 Å². The fraction of sp³-hybridized carbons (Fsp3) is 0.793. The number of aliphatic hydroxyl groups is 1. The van der Waals surface area contributed by atoms with Gasteiger partial charge in [-0.05, 0) is 78.7 Å². The minimum absolute atomic E-state index is 0.0413. The van der Waals surface area contributed by atoms with Crippen LogP contribution in [0.1, 0.15) is 78.4 Å². The first kappa shape index (κ1) is 21.1. The monoisotopic (exact) mass is 452 g/mol. The largest absolute Gasteiger partial charge is 0.493 e. The van der Waals surface area contributed by atoms with Crippen molar-refractivity contribution >= 4 is 0 Å². The highest BCUT2D eigenvalue weighted by molar-refractivity contribution is 5.66. The Morgan fingerprint density at radius 2 is 1.85 bits per heavy atom. The molecule has 4 fully saturated rings. The first-order chi connectivity index (χ1) is 15.4. The Balaban J connectivity index is 1.54. The molecule has 4 heteroatoms. The molecule has 1 heterocycles. The summed E-state index contributed by atoms with van der Waals surface area (Å²) in [4.78, 5) is 0. The number of hydrogen-bond acceptors (Lipinski definition) is 4. The van der Waals surface area contributed by atoms with E-state index in [0.29, 0.717) is 11.3 Å². The molecule has 5 aliphatic carbocycles. The molecular formula is C29H40O4. The maximum absolute atomic E-state index is 12.3. The zero-order valence-electron chi connectivity index (χ0n) is 21.6. The molecule has 6 aliphatic rings. The highest BCUT2D eigenvalue weighted by atomic mass is 16.6. The van der Waals surface area contributed by atoms with Crippen LogP contribution in [0.4, 0.5) is 0 Å². The van der Waals surface area contributed by atoms with E-state index in [4.69, 9.17) is 14.2 Å². The summed E-state index contributed by atoms with van der Waals surface area (Å²) in [5.74, 6) is 3.24. The molecule has 7 rings (SSSR count). The summed E-state index contributed by atoms with van der Waals surface area (Å²) in [6.45, 7) is 13.5. The van der Waals surface area contributed by atoms with Crippen molar-refractivity contribution in [3.63, 3.8) is 0 Å². The van der Waals surface area contributed by atoms with E-state index in [1.54, 1.807) is 7.11 Å². The summed E-state index contributed by atoms with van der Waals surface area (Å²) in [6.07, 6.45) is 5.32. The predicted octanol–water partition coefficient (Wildman–Crippen LogP) is 5.28. The predicted molar refractivity (Wildman–Crippen MR) is 127 cm³/mol. The smallest absolute Gasteiger partial charge is 0.165 e. The molecule has 0 radical (unpaired) electrons. The molecule has 180 valence electrons. The van der Waals surface area contributed by atoms with Crippen molar-refractivity contribution in [2.45, 2.75) is 96.4 Å². The quantitative estimate of drug-likeness (QED) is 0.675. The second-order valence-electron chi connectivity index (χ2n) is 13.8. The zero-order chi connectivity index (χ0) is 23.6. The van der Waals surface area contributed by atoms with Crippen LogP contribution in [-0.2, 0) is 16.6 Å². The molecule has 0 aromatic heterocycles. The van der Waals surface area contributed by atoms with Crippen molar-refractivity contribution in [1.29, 1.82) is 0 Å². The van der Waals surface area contributed by atoms with Crippen LogP contribution in [-0.4, -0.2) is 36.6 Å². The van der Waals surface area contributed by atoms with E-state index in [9.17, 15) is 5.11 Å². The van der Waals surface area contributed by atoms with E-state index in [2.05, 4.69) is 53.7 Å². The van der Waals surface area contributed by atoms with Gasteiger partial charge >= 0.3 is 0 Å². The van der Waals surface area contributed by atoms with Crippen molar-refractivity contribution in [3.8, 4) is 11.5 Å². The van der Waals surface area contributed by atoms with Crippen LogP contribution >= 0.6 is 0 Å². The Hall–Kier alpha value is -1.26. The van der Waals surface area contributed by atoms with E-state index < -0.39 is 11.2 Å². The Labute approximate surface area is 198 Å². The van der Waals surface area contributed by atoms with Crippen molar-refractivity contribution < 1.29 is 19.3 Å². The van der Waals surface area contributed by atoms with Gasteiger partial charge in [0.15, 0.2) is 11.5 Å². The summed E-state index contributed by atoms with van der Waals surface area (Å²) in [5.41, 5.74) is 1.46. The molecule has 2 bridgehead atoms. The normalized spacial score (nSPS) is 51.1. The molecule has 0 saturated heterocycles. The van der Waals surface area contributed by atoms with Crippen LogP contribution in [0, 0.1) is 33.5 Å². The average molecular weight is 453 g/mol. The van der Waals surface area contributed by atoms with Crippen LogP contribution < -0.4 is 9.47 Å². The summed E-state index contributed by atoms with van der Waals surface area (Å²) >= 11 is 0. The Kier molecular flexibility index (Phi) is 3.37. The molecule has 1 aromatic rings. The fourth-order valence-corrected chi connectivity index (χ4v) is 11.0. The average Bonchev–Trinajstić information content (AvgIpc) is 3.49. The minimum Gasteiger partial charge on any atom is -0.493 e. The lowest BCUT2D eigenvalue weighted by Gasteiger charge is -2.61. The van der Waals surface area contributed by atoms with Gasteiger partial charge in [0.1, 0.15) is 11.7 Å². The molecule has 0 amide bonds. The maximum atomic E-state index is 12.3. The number of methoxy groups -OCH3 is 2. The van der Waals surface area contributed by atoms with Gasteiger partial charge in [0.2, 0.25) is 0 Å². The molecule has 1 aliphatic heterocycles. The topological polar surface area (TPSA) is 47.9 Å². The van der Waals surface area contributed by atoms with Crippen molar-refractivity contribution in [2.75, 3.05) is 14.2 Å². The van der Waals surface area contributed by atoms with Gasteiger partial charge in [-0.3, -0.25) is 0 Å². The van der Waals surface area contributed by atoms with Crippen LogP contribution in [0.2, 0.25) is 0 Å². The lowest BCUT2D eigenvalue weighted by atomic mass is 9.44. The number of fused-ring (bicyclic) bond motifs is 3. The summed E-state index contributed by atoms with van der Waals surface area (Å²) in [5, 5.41) is 12.3. The van der Waals surface area contributed by atoms with E-state index in [1.165, 1.54) is 17.5 Å². The Bertz CT molecular complexity index is 1100. The van der Waals surface area contributed by atoms with Gasteiger partial charge in [-0.25, -0.2) is 0 Å². The highest BCUT2D eigenvalue weighted by Gasteiger charge is 2.96. The SMILES string of the molecule is CC[C@]12C[C@]3([C@](C)(O)C(C)(C)C)C[C@]3(OC)[C@@H]3Oc4c(OC)ccc5c4[C@@]31CC1(C5)[C@H]2[C@@H]1C. The molecular weight excluding hydrogens is 412 g/mol. The van der Waals surface area contributed by atoms with Crippen LogP contribution in [0.15, 0.2) is 12.1 Å². The van der Waals surface area contributed by atoms with Gasteiger partial charge in [0, 0.05) is 23.5 Å². The molecule has 4 nitrogen and oxygen atoms in total. The van der Waals surface area contributed by atoms with Crippen molar-refractivity contribution in [2.24, 2.45) is 33.5 Å². The third-order valence-electron chi connectivity index (χ3n) is 12.8. The van der Waals surface area contributed by atoms with Gasteiger partial charge in [-0.15, -0.1) is 0 Å². The van der Waals surface area contributed by atoms with Gasteiger partial charge in [0.25, 0.3) is 0 Å². The van der Waals surface area contributed by atoms with Crippen LogP contribution in [0.5, 0.6) is 11.5 Å². The van der Waals surface area contributed by atoms with E-state index >= 15 is 0 Å². The molecule has 4 saturated carbocycles. The standard InChI is InChI=1S/C29H40O4/c1-9-26-14-27(24(6,30)23(3,4)5)15-29(27,32-8)22-28(26)13-25(16(2)21(25)26)12-17-10-11-18(31-7)20(33-22)19(17)28/h10-11,16,21-22,30H,9,12-15H2,1-8H3/t16-,21+,22+,24+,25?,26+,27+,28-,29-/m0/s1. The summed E-state index contributed by atoms with van der Waals surface area (Å²) in [7, 11) is 3.61. The van der Waals surface area contributed by atoms with E-state index in [0.717, 1.165) is 43.1 Å². The van der Waals surface area contributed by atoms with E-state index in [1.807, 2.05) is 7.11 Å². The first-order valence-corrected chi connectivity index (χ1v) is 13.0. The lowest BCUT2D eigenvalue weighted by Crippen LogP contribution is -2.68. The van der Waals surface area contributed by atoms with E-state index in [-0.39, 0.29) is 27.8 Å². The third kappa shape index (κ3) is 1.69. The number of ether oxygens (including phenoxy) is 3. The maximum Gasteiger partial charge on any atom is 0.165 e. The highest BCUT2D eigenvalue weighted by Crippen LogP contribution is 2.94. The van der Waals surface area contributed by atoms with Gasteiger partial charge in [-0.2, -0.15) is 0 Å². The first-order valence-electron chi connectivity index (χ1n) is 13.0. The minimum atomic E-state index is -0.868. The molecule has 1 aromatic carbocycles. The number of benzene rings is 1. The zero-order valence-corrected chi connectivity index (χ0v) is 21.6. The van der Waals surface area contributed by atoms with Gasteiger partial charge in [-0.1, -0.05) is 40.7 Å². The molecule has 1 N–H and O–H groups in total. The Morgan fingerprint density at radius 1 is 1.12 bits per heavy atom. The number of rotatable bonds is 4. The molecule has 1 unspecified atom stereocenters. The second-order valence-corrected chi connectivity index (χ2v) is 13.8.